The fourth-order valence-electron chi connectivity index (χ4n) is 1.87. The minimum atomic E-state index is -0.631. The monoisotopic (exact) mass is 308 g/mol. The van der Waals surface area contributed by atoms with Crippen LogP contribution in [-0.2, 0) is 0 Å². The van der Waals surface area contributed by atoms with E-state index in [0.29, 0.717) is 0 Å². The first kappa shape index (κ1) is 13.3. The maximum atomic E-state index is 13.4. The standard InChI is InChI=1S/C12H6ClFN4O3/c13-10-6(14)2-1-3-7(10)15-9-5-4-8-11(17-21-16-8)12(9)18(19)20/h1-5,15H. The van der Waals surface area contributed by atoms with Crippen molar-refractivity contribution in [3.63, 3.8) is 0 Å². The summed E-state index contributed by atoms with van der Waals surface area (Å²) < 4.78 is 17.9. The summed E-state index contributed by atoms with van der Waals surface area (Å²) >= 11 is 5.82. The molecule has 0 aliphatic rings. The molecular weight excluding hydrogens is 303 g/mol. The second-order valence-electron chi connectivity index (χ2n) is 4.08. The topological polar surface area (TPSA) is 94.1 Å². The van der Waals surface area contributed by atoms with E-state index in [9.17, 15) is 14.5 Å². The van der Waals surface area contributed by atoms with Gasteiger partial charge in [0, 0.05) is 0 Å². The lowest BCUT2D eigenvalue weighted by molar-refractivity contribution is -0.382. The van der Waals surface area contributed by atoms with E-state index in [1.165, 1.54) is 30.3 Å². The lowest BCUT2D eigenvalue weighted by Crippen LogP contribution is -1.99. The Hall–Kier alpha value is -2.74. The smallest absolute Gasteiger partial charge is 0.323 e. The number of rotatable bonds is 3. The van der Waals surface area contributed by atoms with Gasteiger partial charge in [0.15, 0.2) is 0 Å². The Morgan fingerprint density at radius 2 is 2.05 bits per heavy atom. The number of aromatic nitrogens is 2. The molecular formula is C12H6ClFN4O3. The lowest BCUT2D eigenvalue weighted by Gasteiger charge is -2.09. The van der Waals surface area contributed by atoms with Gasteiger partial charge in [-0.1, -0.05) is 17.7 Å². The van der Waals surface area contributed by atoms with Crippen molar-refractivity contribution in [1.82, 2.24) is 10.3 Å². The summed E-state index contributed by atoms with van der Waals surface area (Å²) in [7, 11) is 0. The molecule has 0 fully saturated rings. The Balaban J connectivity index is 2.14. The molecule has 0 saturated heterocycles. The van der Waals surface area contributed by atoms with Crippen molar-refractivity contribution < 1.29 is 13.9 Å². The van der Waals surface area contributed by atoms with Crippen molar-refractivity contribution in [2.24, 2.45) is 0 Å². The second kappa shape index (κ2) is 4.98. The van der Waals surface area contributed by atoms with Crippen LogP contribution < -0.4 is 5.32 Å². The molecule has 2 aromatic carbocycles. The Bertz CT molecular complexity index is 852. The number of nitrogens with one attached hydrogen (secondary N) is 1. The molecule has 0 atom stereocenters. The zero-order valence-electron chi connectivity index (χ0n) is 10.2. The molecule has 0 aliphatic carbocycles. The molecule has 0 aliphatic heterocycles. The average Bonchev–Trinajstić information content (AvgIpc) is 2.91. The number of nitrogens with zero attached hydrogens (tertiary/aromatic N) is 3. The number of benzene rings is 2. The molecule has 1 N–H and O–H groups in total. The van der Waals surface area contributed by atoms with Crippen LogP contribution in [0.5, 0.6) is 0 Å². The maximum Gasteiger partial charge on any atom is 0.323 e. The summed E-state index contributed by atoms with van der Waals surface area (Å²) in [6.45, 7) is 0. The van der Waals surface area contributed by atoms with E-state index in [1.54, 1.807) is 0 Å². The highest BCUT2D eigenvalue weighted by Crippen LogP contribution is 2.35. The Labute approximate surface area is 121 Å². The molecule has 3 rings (SSSR count). The third kappa shape index (κ3) is 2.25. The molecule has 0 unspecified atom stereocenters. The molecule has 1 heterocycles. The number of anilines is 2. The van der Waals surface area contributed by atoms with Crippen LogP contribution in [0.2, 0.25) is 5.02 Å². The molecule has 0 amide bonds. The number of hydrogen-bond donors (Lipinski definition) is 1. The summed E-state index contributed by atoms with van der Waals surface area (Å²) in [4.78, 5) is 10.6. The van der Waals surface area contributed by atoms with Crippen molar-refractivity contribution in [1.29, 1.82) is 0 Å². The Kier molecular flexibility index (Phi) is 3.15. The van der Waals surface area contributed by atoms with E-state index in [1.807, 2.05) is 0 Å². The maximum absolute atomic E-state index is 13.4. The summed E-state index contributed by atoms with van der Waals surface area (Å²) in [5.41, 5.74) is 0.232. The molecule has 9 heteroatoms. The number of nitro benzene ring substituents is 1. The molecule has 0 saturated carbocycles. The van der Waals surface area contributed by atoms with Crippen LogP contribution in [0.1, 0.15) is 0 Å². The first-order valence-corrected chi connectivity index (χ1v) is 6.06. The fourth-order valence-corrected chi connectivity index (χ4v) is 2.04. The van der Waals surface area contributed by atoms with Gasteiger partial charge in [0.2, 0.25) is 5.52 Å². The zero-order chi connectivity index (χ0) is 15.0. The van der Waals surface area contributed by atoms with Gasteiger partial charge in [0.1, 0.15) is 17.0 Å². The van der Waals surface area contributed by atoms with Crippen LogP contribution >= 0.6 is 11.6 Å². The number of hydrogen-bond acceptors (Lipinski definition) is 6. The van der Waals surface area contributed by atoms with Crippen LogP contribution in [0.3, 0.4) is 0 Å². The van der Waals surface area contributed by atoms with Gasteiger partial charge in [-0.25, -0.2) is 9.02 Å². The van der Waals surface area contributed by atoms with Crippen molar-refractivity contribution in [3.8, 4) is 0 Å². The first-order valence-electron chi connectivity index (χ1n) is 5.68. The van der Waals surface area contributed by atoms with Crippen molar-refractivity contribution >= 4 is 39.7 Å². The van der Waals surface area contributed by atoms with Gasteiger partial charge in [-0.3, -0.25) is 10.1 Å². The zero-order valence-corrected chi connectivity index (χ0v) is 11.0. The van der Waals surface area contributed by atoms with E-state index in [4.69, 9.17) is 11.6 Å². The molecule has 0 radical (unpaired) electrons. The molecule has 0 bridgehead atoms. The Morgan fingerprint density at radius 1 is 1.24 bits per heavy atom. The first-order chi connectivity index (χ1) is 10.1. The van der Waals surface area contributed by atoms with Crippen LogP contribution in [0.25, 0.3) is 11.0 Å². The number of halogens is 2. The van der Waals surface area contributed by atoms with Crippen LogP contribution in [0.15, 0.2) is 35.0 Å². The quantitative estimate of drug-likeness (QED) is 0.586. The molecule has 7 nitrogen and oxygen atoms in total. The minimum Gasteiger partial charge on any atom is -0.349 e. The van der Waals surface area contributed by atoms with Gasteiger partial charge < -0.3 is 5.32 Å². The summed E-state index contributed by atoms with van der Waals surface area (Å²) in [5, 5.41) is 20.8. The van der Waals surface area contributed by atoms with Crippen molar-refractivity contribution in [3.05, 3.63) is 51.3 Å². The SMILES string of the molecule is O=[N+]([O-])c1c(Nc2cccc(F)c2Cl)ccc2nonc12. The number of nitro groups is 1. The number of fused-ring (bicyclic) bond motifs is 1. The van der Waals surface area contributed by atoms with E-state index < -0.39 is 10.7 Å². The third-order valence-electron chi connectivity index (χ3n) is 2.80. The van der Waals surface area contributed by atoms with Crippen molar-refractivity contribution in [2.45, 2.75) is 0 Å². The van der Waals surface area contributed by atoms with Gasteiger partial charge in [0.25, 0.3) is 0 Å². The largest absolute Gasteiger partial charge is 0.349 e. The van der Waals surface area contributed by atoms with Gasteiger partial charge in [-0.05, 0) is 34.6 Å². The predicted octanol–water partition coefficient (Wildman–Crippen LogP) is 3.67. The van der Waals surface area contributed by atoms with Crippen LogP contribution in [-0.4, -0.2) is 15.2 Å². The van der Waals surface area contributed by atoms with Gasteiger partial charge >= 0.3 is 5.69 Å². The summed E-state index contributed by atoms with van der Waals surface area (Å²) in [6.07, 6.45) is 0. The normalized spacial score (nSPS) is 10.8. The van der Waals surface area contributed by atoms with Crippen LogP contribution in [0, 0.1) is 15.9 Å². The molecule has 1 aromatic heterocycles. The molecule has 21 heavy (non-hydrogen) atoms. The van der Waals surface area contributed by atoms with Gasteiger partial charge in [0.05, 0.1) is 15.6 Å². The Morgan fingerprint density at radius 3 is 2.81 bits per heavy atom. The van der Waals surface area contributed by atoms with E-state index in [-0.39, 0.29) is 33.1 Å². The average molecular weight is 309 g/mol. The molecule has 3 aromatic rings. The molecule has 106 valence electrons. The predicted molar refractivity (Wildman–Crippen MR) is 73.2 cm³/mol. The lowest BCUT2D eigenvalue weighted by atomic mass is 10.2. The van der Waals surface area contributed by atoms with Gasteiger partial charge in [-0.2, -0.15) is 0 Å². The molecule has 0 spiro atoms. The second-order valence-corrected chi connectivity index (χ2v) is 4.46. The summed E-state index contributed by atoms with van der Waals surface area (Å²) in [5.74, 6) is -0.631. The highest BCUT2D eigenvalue weighted by molar-refractivity contribution is 6.33. The minimum absolute atomic E-state index is 0.00229. The highest BCUT2D eigenvalue weighted by atomic mass is 35.5. The van der Waals surface area contributed by atoms with E-state index in [0.717, 1.165) is 0 Å². The van der Waals surface area contributed by atoms with E-state index in [2.05, 4.69) is 20.3 Å². The highest BCUT2D eigenvalue weighted by Gasteiger charge is 2.23. The van der Waals surface area contributed by atoms with Crippen LogP contribution in [0.4, 0.5) is 21.5 Å². The van der Waals surface area contributed by atoms with Gasteiger partial charge in [-0.15, -0.1) is 0 Å². The van der Waals surface area contributed by atoms with Crippen molar-refractivity contribution in [2.75, 3.05) is 5.32 Å². The third-order valence-corrected chi connectivity index (χ3v) is 3.19. The summed E-state index contributed by atoms with van der Waals surface area (Å²) in [6, 6.07) is 7.04. The van der Waals surface area contributed by atoms with E-state index >= 15 is 0 Å². The fraction of sp³-hybridized carbons (Fsp3) is 0.